The molecular weight excluding hydrogens is 395 g/mol. The third kappa shape index (κ3) is 6.33. The molecule has 0 saturated carbocycles. The highest BCUT2D eigenvalue weighted by Gasteiger charge is 2.41. The molecule has 2 fully saturated rings. The Labute approximate surface area is 166 Å². The summed E-state index contributed by atoms with van der Waals surface area (Å²) in [4.78, 5) is 51.9. The number of rotatable bonds is 6. The second-order valence-corrected chi connectivity index (χ2v) is 7.42. The fourth-order valence-electron chi connectivity index (χ4n) is 3.66. The maximum Gasteiger partial charge on any atom is 0.406 e. The van der Waals surface area contributed by atoms with Crippen molar-refractivity contribution in [3.8, 4) is 0 Å². The van der Waals surface area contributed by atoms with Crippen molar-refractivity contribution in [2.45, 2.75) is 32.4 Å². The Morgan fingerprint density at radius 2 is 1.90 bits per heavy atom. The van der Waals surface area contributed by atoms with Crippen LogP contribution in [0.5, 0.6) is 0 Å². The van der Waals surface area contributed by atoms with E-state index < -0.39 is 36.4 Å². The number of piperidine rings is 1. The molecule has 0 aliphatic carbocycles. The Kier molecular flexibility index (Phi) is 7.48. The number of carbonyl (C=O) groups is 4. The first-order valence-corrected chi connectivity index (χ1v) is 9.55. The smallest absolute Gasteiger partial charge is 0.406 e. The number of hydrogen-bond donors (Lipinski definition) is 0. The van der Waals surface area contributed by atoms with Gasteiger partial charge in [0.05, 0.1) is 25.0 Å². The summed E-state index contributed by atoms with van der Waals surface area (Å²) >= 11 is 0. The molecule has 2 unspecified atom stereocenters. The fourth-order valence-corrected chi connectivity index (χ4v) is 3.66. The zero-order valence-corrected chi connectivity index (χ0v) is 16.5. The predicted octanol–water partition coefficient (Wildman–Crippen LogP) is 0.657. The Balaban J connectivity index is 1.88. The van der Waals surface area contributed by atoms with Gasteiger partial charge in [0.2, 0.25) is 17.7 Å². The van der Waals surface area contributed by atoms with Gasteiger partial charge in [-0.05, 0) is 19.8 Å². The van der Waals surface area contributed by atoms with Crippen LogP contribution in [0, 0.1) is 11.8 Å². The molecule has 8 nitrogen and oxygen atoms in total. The van der Waals surface area contributed by atoms with Gasteiger partial charge < -0.3 is 19.4 Å². The first kappa shape index (κ1) is 23.0. The first-order chi connectivity index (χ1) is 13.5. The van der Waals surface area contributed by atoms with E-state index in [4.69, 9.17) is 4.74 Å². The van der Waals surface area contributed by atoms with Crippen molar-refractivity contribution in [1.82, 2.24) is 14.7 Å². The van der Waals surface area contributed by atoms with Crippen molar-refractivity contribution < 1.29 is 37.1 Å². The number of likely N-dealkylation sites (tertiary alicyclic amines) is 2. The van der Waals surface area contributed by atoms with Crippen LogP contribution in [0.3, 0.4) is 0 Å². The molecule has 2 aliphatic heterocycles. The fraction of sp³-hybridized carbons (Fsp3) is 0.778. The molecule has 0 bridgehead atoms. The molecule has 0 N–H and O–H groups in total. The summed E-state index contributed by atoms with van der Waals surface area (Å²) < 4.78 is 42.5. The second kappa shape index (κ2) is 9.45. The highest BCUT2D eigenvalue weighted by molar-refractivity contribution is 5.91. The molecule has 3 amide bonds. The van der Waals surface area contributed by atoms with Gasteiger partial charge in [-0.1, -0.05) is 0 Å². The Morgan fingerprint density at radius 1 is 1.21 bits per heavy atom. The SMILES string of the molecule is CCOC(=O)C1CCCN(C(=O)CN(C)C(=O)C2CC(=O)N(CC(F)(F)F)C2)C1. The number of hydrogen-bond acceptors (Lipinski definition) is 5. The second-order valence-electron chi connectivity index (χ2n) is 7.42. The molecule has 0 radical (unpaired) electrons. The van der Waals surface area contributed by atoms with E-state index in [-0.39, 0.29) is 44.5 Å². The maximum atomic E-state index is 12.5. The minimum absolute atomic E-state index is 0.209. The lowest BCUT2D eigenvalue weighted by Crippen LogP contribution is -2.48. The topological polar surface area (TPSA) is 87.2 Å². The molecule has 2 atom stereocenters. The molecule has 29 heavy (non-hydrogen) atoms. The average molecular weight is 421 g/mol. The van der Waals surface area contributed by atoms with Crippen LogP contribution in [0.2, 0.25) is 0 Å². The van der Waals surface area contributed by atoms with Gasteiger partial charge in [-0.25, -0.2) is 0 Å². The Hall–Kier alpha value is -2.33. The van der Waals surface area contributed by atoms with Gasteiger partial charge in [0.1, 0.15) is 6.54 Å². The summed E-state index contributed by atoms with van der Waals surface area (Å²) in [5, 5.41) is 0. The standard InChI is InChI=1S/C18H26F3N3O5/c1-3-29-17(28)12-5-4-6-23(8-12)15(26)10-22(2)16(27)13-7-14(25)24(9-13)11-18(19,20)21/h12-13H,3-11H2,1-2H3. The van der Waals surface area contributed by atoms with Crippen LogP contribution in [-0.4, -0.2) is 90.9 Å². The zero-order valence-electron chi connectivity index (χ0n) is 16.5. The first-order valence-electron chi connectivity index (χ1n) is 9.55. The minimum atomic E-state index is -4.53. The molecular formula is C18H26F3N3O5. The summed E-state index contributed by atoms with van der Waals surface area (Å²) in [6.45, 7) is 0.656. The van der Waals surface area contributed by atoms with E-state index in [1.807, 2.05) is 0 Å². The number of likely N-dealkylation sites (N-methyl/N-ethyl adjacent to an activating group) is 1. The summed E-state index contributed by atoms with van der Waals surface area (Å²) in [5.74, 6) is -3.30. The summed E-state index contributed by atoms with van der Waals surface area (Å²) in [5.41, 5.74) is 0. The van der Waals surface area contributed by atoms with Crippen LogP contribution in [0.25, 0.3) is 0 Å². The van der Waals surface area contributed by atoms with Crippen molar-refractivity contribution in [2.75, 3.05) is 46.4 Å². The largest absolute Gasteiger partial charge is 0.466 e. The molecule has 0 aromatic carbocycles. The molecule has 2 saturated heterocycles. The number of alkyl halides is 3. The van der Waals surface area contributed by atoms with Crippen molar-refractivity contribution in [3.63, 3.8) is 0 Å². The highest BCUT2D eigenvalue weighted by atomic mass is 19.4. The van der Waals surface area contributed by atoms with Gasteiger partial charge in [-0.15, -0.1) is 0 Å². The molecule has 0 aromatic rings. The van der Waals surface area contributed by atoms with Crippen LogP contribution in [0.15, 0.2) is 0 Å². The molecule has 2 heterocycles. The van der Waals surface area contributed by atoms with Gasteiger partial charge in [0, 0.05) is 33.1 Å². The lowest BCUT2D eigenvalue weighted by atomic mass is 9.98. The van der Waals surface area contributed by atoms with E-state index in [9.17, 15) is 32.3 Å². The minimum Gasteiger partial charge on any atom is -0.466 e. The Morgan fingerprint density at radius 3 is 2.52 bits per heavy atom. The van der Waals surface area contributed by atoms with Gasteiger partial charge in [-0.2, -0.15) is 13.2 Å². The molecule has 164 valence electrons. The quantitative estimate of drug-likeness (QED) is 0.588. The zero-order chi connectivity index (χ0) is 21.8. The third-order valence-corrected chi connectivity index (χ3v) is 5.08. The molecule has 2 aliphatic rings. The van der Waals surface area contributed by atoms with E-state index in [1.165, 1.54) is 11.9 Å². The van der Waals surface area contributed by atoms with E-state index in [2.05, 4.69) is 0 Å². The van der Waals surface area contributed by atoms with Crippen LogP contribution < -0.4 is 0 Å². The summed E-state index contributed by atoms with van der Waals surface area (Å²) in [6, 6.07) is 0. The lowest BCUT2D eigenvalue weighted by molar-refractivity contribution is -0.157. The molecule has 0 aromatic heterocycles. The van der Waals surface area contributed by atoms with E-state index >= 15 is 0 Å². The summed E-state index contributed by atoms with van der Waals surface area (Å²) in [7, 11) is 1.38. The molecule has 0 spiro atoms. The lowest BCUT2D eigenvalue weighted by Gasteiger charge is -2.33. The van der Waals surface area contributed by atoms with Crippen molar-refractivity contribution >= 4 is 23.7 Å². The van der Waals surface area contributed by atoms with Gasteiger partial charge in [0.15, 0.2) is 0 Å². The number of carbonyl (C=O) groups excluding carboxylic acids is 4. The van der Waals surface area contributed by atoms with Crippen LogP contribution in [0.4, 0.5) is 13.2 Å². The normalized spacial score (nSPS) is 22.6. The monoisotopic (exact) mass is 421 g/mol. The highest BCUT2D eigenvalue weighted by Crippen LogP contribution is 2.25. The molecule has 2 rings (SSSR count). The maximum absolute atomic E-state index is 12.5. The van der Waals surface area contributed by atoms with E-state index in [1.54, 1.807) is 6.92 Å². The van der Waals surface area contributed by atoms with Gasteiger partial charge in [0.25, 0.3) is 0 Å². The van der Waals surface area contributed by atoms with Crippen molar-refractivity contribution in [1.29, 1.82) is 0 Å². The van der Waals surface area contributed by atoms with Crippen LogP contribution in [0.1, 0.15) is 26.2 Å². The van der Waals surface area contributed by atoms with Gasteiger partial charge in [-0.3, -0.25) is 19.2 Å². The van der Waals surface area contributed by atoms with E-state index in [0.717, 1.165) is 4.90 Å². The van der Waals surface area contributed by atoms with Gasteiger partial charge >= 0.3 is 12.1 Å². The number of ether oxygens (including phenoxy) is 1. The molecule has 11 heteroatoms. The number of amides is 3. The number of halogens is 3. The predicted molar refractivity (Wildman–Crippen MR) is 94.3 cm³/mol. The average Bonchev–Trinajstić information content (AvgIpc) is 3.00. The van der Waals surface area contributed by atoms with E-state index in [0.29, 0.717) is 24.3 Å². The number of esters is 1. The van der Waals surface area contributed by atoms with Crippen LogP contribution >= 0.6 is 0 Å². The third-order valence-electron chi connectivity index (χ3n) is 5.08. The van der Waals surface area contributed by atoms with Crippen molar-refractivity contribution in [2.24, 2.45) is 11.8 Å². The van der Waals surface area contributed by atoms with Crippen LogP contribution in [-0.2, 0) is 23.9 Å². The summed E-state index contributed by atoms with van der Waals surface area (Å²) in [6.07, 6.45) is -3.58. The Bertz CT molecular complexity index is 655. The number of nitrogens with zero attached hydrogens (tertiary/aromatic N) is 3. The van der Waals surface area contributed by atoms with Crippen molar-refractivity contribution in [3.05, 3.63) is 0 Å².